The van der Waals surface area contributed by atoms with Crippen LogP contribution >= 0.6 is 15.9 Å². The summed E-state index contributed by atoms with van der Waals surface area (Å²) in [6.45, 7) is 1.87. The van der Waals surface area contributed by atoms with Gasteiger partial charge in [-0.15, -0.1) is 0 Å². The van der Waals surface area contributed by atoms with Crippen molar-refractivity contribution in [2.24, 2.45) is 0 Å². The third-order valence-electron chi connectivity index (χ3n) is 3.58. The largest absolute Gasteiger partial charge is 0.451 e. The summed E-state index contributed by atoms with van der Waals surface area (Å²) in [6, 6.07) is 15.5. The molecule has 0 aliphatic heterocycles. The third kappa shape index (κ3) is 3.19. The van der Waals surface area contributed by atoms with Crippen molar-refractivity contribution in [3.8, 4) is 0 Å². The summed E-state index contributed by atoms with van der Waals surface area (Å²) in [6.07, 6.45) is 0. The van der Waals surface area contributed by atoms with Gasteiger partial charge in [-0.25, -0.2) is 0 Å². The first kappa shape index (κ1) is 15.5. The van der Waals surface area contributed by atoms with E-state index in [0.717, 1.165) is 10.0 Å². The van der Waals surface area contributed by atoms with Gasteiger partial charge in [0.1, 0.15) is 5.58 Å². The highest BCUT2D eigenvalue weighted by molar-refractivity contribution is 9.10. The number of para-hydroxylation sites is 1. The van der Waals surface area contributed by atoms with E-state index in [1.54, 1.807) is 24.3 Å². The first-order valence-electron chi connectivity index (χ1n) is 7.14. The standard InChI is InChI=1S/C18H14BrNO3/c1-11(12-6-2-4-8-14(12)19)20-18(22)17-10-15(21)13-7-3-5-9-16(13)23-17/h2-11H,1H3,(H,20,22). The molecular formula is C18H14BrNO3. The van der Waals surface area contributed by atoms with Crippen molar-refractivity contribution < 1.29 is 9.21 Å². The molecule has 5 heteroatoms. The highest BCUT2D eigenvalue weighted by atomic mass is 79.9. The first-order valence-corrected chi connectivity index (χ1v) is 7.94. The predicted molar refractivity (Wildman–Crippen MR) is 92.5 cm³/mol. The monoisotopic (exact) mass is 371 g/mol. The molecule has 1 aromatic heterocycles. The molecule has 3 rings (SSSR count). The van der Waals surface area contributed by atoms with Crippen LogP contribution in [-0.2, 0) is 0 Å². The van der Waals surface area contributed by atoms with E-state index in [-0.39, 0.29) is 17.2 Å². The number of carbonyl (C=O) groups is 1. The maximum atomic E-state index is 12.4. The Morgan fingerprint density at radius 2 is 1.83 bits per heavy atom. The van der Waals surface area contributed by atoms with Crippen LogP contribution in [0.4, 0.5) is 0 Å². The fourth-order valence-corrected chi connectivity index (χ4v) is 3.02. The summed E-state index contributed by atoms with van der Waals surface area (Å²) < 4.78 is 6.46. The smallest absolute Gasteiger partial charge is 0.287 e. The zero-order chi connectivity index (χ0) is 16.4. The summed E-state index contributed by atoms with van der Waals surface area (Å²) >= 11 is 3.46. The average Bonchev–Trinajstić information content (AvgIpc) is 2.55. The van der Waals surface area contributed by atoms with Crippen molar-refractivity contribution in [3.05, 3.63) is 80.6 Å². The number of rotatable bonds is 3. The van der Waals surface area contributed by atoms with Gasteiger partial charge in [-0.1, -0.05) is 46.3 Å². The molecule has 0 spiro atoms. The van der Waals surface area contributed by atoms with Crippen LogP contribution in [0, 0.1) is 0 Å². The van der Waals surface area contributed by atoms with Crippen LogP contribution in [-0.4, -0.2) is 5.91 Å². The second kappa shape index (κ2) is 6.38. The number of carbonyl (C=O) groups excluding carboxylic acids is 1. The van der Waals surface area contributed by atoms with Gasteiger partial charge in [0.2, 0.25) is 0 Å². The van der Waals surface area contributed by atoms with Crippen LogP contribution in [0.1, 0.15) is 29.1 Å². The topological polar surface area (TPSA) is 59.3 Å². The minimum Gasteiger partial charge on any atom is -0.451 e. The molecule has 0 bridgehead atoms. The molecule has 1 heterocycles. The lowest BCUT2D eigenvalue weighted by Crippen LogP contribution is -2.27. The summed E-state index contributed by atoms with van der Waals surface area (Å²) in [5, 5.41) is 3.30. The van der Waals surface area contributed by atoms with Gasteiger partial charge in [0, 0.05) is 10.5 Å². The first-order chi connectivity index (χ1) is 11.1. The Balaban J connectivity index is 1.89. The third-order valence-corrected chi connectivity index (χ3v) is 4.30. The van der Waals surface area contributed by atoms with Gasteiger partial charge in [0.25, 0.3) is 5.91 Å². The molecule has 23 heavy (non-hydrogen) atoms. The van der Waals surface area contributed by atoms with Gasteiger partial charge in [0.15, 0.2) is 11.2 Å². The van der Waals surface area contributed by atoms with Gasteiger partial charge in [-0.2, -0.15) is 0 Å². The van der Waals surface area contributed by atoms with E-state index in [1.807, 2.05) is 31.2 Å². The van der Waals surface area contributed by atoms with E-state index in [2.05, 4.69) is 21.2 Å². The van der Waals surface area contributed by atoms with Crippen molar-refractivity contribution in [1.82, 2.24) is 5.32 Å². The molecule has 0 radical (unpaired) electrons. The van der Waals surface area contributed by atoms with Crippen LogP contribution in [0.5, 0.6) is 0 Å². The Kier molecular flexibility index (Phi) is 4.30. The summed E-state index contributed by atoms with van der Waals surface area (Å²) in [5.41, 5.74) is 1.12. The molecule has 0 saturated heterocycles. The zero-order valence-corrected chi connectivity index (χ0v) is 14.0. The molecular weight excluding hydrogens is 358 g/mol. The Labute approximate surface area is 141 Å². The van der Waals surface area contributed by atoms with Crippen molar-refractivity contribution >= 4 is 32.8 Å². The number of fused-ring (bicyclic) bond motifs is 1. The molecule has 0 aliphatic carbocycles. The van der Waals surface area contributed by atoms with E-state index < -0.39 is 5.91 Å². The average molecular weight is 372 g/mol. The highest BCUT2D eigenvalue weighted by Crippen LogP contribution is 2.23. The molecule has 2 aromatic carbocycles. The molecule has 0 fully saturated rings. The molecule has 0 aliphatic rings. The summed E-state index contributed by atoms with van der Waals surface area (Å²) in [7, 11) is 0. The maximum Gasteiger partial charge on any atom is 0.287 e. The Bertz CT molecular complexity index is 933. The summed E-state index contributed by atoms with van der Waals surface area (Å²) in [5.74, 6) is -0.413. The zero-order valence-electron chi connectivity index (χ0n) is 12.4. The van der Waals surface area contributed by atoms with Crippen LogP contribution < -0.4 is 10.7 Å². The number of nitrogens with one attached hydrogen (secondary N) is 1. The van der Waals surface area contributed by atoms with E-state index in [4.69, 9.17) is 4.42 Å². The quantitative estimate of drug-likeness (QED) is 0.755. The molecule has 1 unspecified atom stereocenters. The van der Waals surface area contributed by atoms with Gasteiger partial charge in [-0.05, 0) is 30.7 Å². The summed E-state index contributed by atoms with van der Waals surface area (Å²) in [4.78, 5) is 24.4. The second-order valence-electron chi connectivity index (χ2n) is 5.19. The Hall–Kier alpha value is -2.40. The van der Waals surface area contributed by atoms with Crippen molar-refractivity contribution in [2.75, 3.05) is 0 Å². The van der Waals surface area contributed by atoms with Crippen molar-refractivity contribution in [2.45, 2.75) is 13.0 Å². The van der Waals surface area contributed by atoms with E-state index in [1.165, 1.54) is 6.07 Å². The van der Waals surface area contributed by atoms with E-state index in [0.29, 0.717) is 11.0 Å². The van der Waals surface area contributed by atoms with Gasteiger partial charge < -0.3 is 9.73 Å². The molecule has 4 nitrogen and oxygen atoms in total. The lowest BCUT2D eigenvalue weighted by atomic mass is 10.1. The van der Waals surface area contributed by atoms with Crippen LogP contribution in [0.25, 0.3) is 11.0 Å². The maximum absolute atomic E-state index is 12.4. The molecule has 0 saturated carbocycles. The van der Waals surface area contributed by atoms with Gasteiger partial charge >= 0.3 is 0 Å². The molecule has 1 N–H and O–H groups in total. The van der Waals surface area contributed by atoms with Crippen LogP contribution in [0.2, 0.25) is 0 Å². The molecule has 116 valence electrons. The van der Waals surface area contributed by atoms with Crippen molar-refractivity contribution in [3.63, 3.8) is 0 Å². The Morgan fingerprint density at radius 3 is 2.61 bits per heavy atom. The lowest BCUT2D eigenvalue weighted by Gasteiger charge is -2.15. The van der Waals surface area contributed by atoms with Gasteiger partial charge in [-0.3, -0.25) is 9.59 Å². The number of hydrogen-bond donors (Lipinski definition) is 1. The fourth-order valence-electron chi connectivity index (χ4n) is 2.39. The fraction of sp³-hybridized carbons (Fsp3) is 0.111. The molecule has 1 amide bonds. The van der Waals surface area contributed by atoms with E-state index >= 15 is 0 Å². The number of benzene rings is 2. The molecule has 3 aromatic rings. The number of amides is 1. The highest BCUT2D eigenvalue weighted by Gasteiger charge is 2.16. The second-order valence-corrected chi connectivity index (χ2v) is 6.04. The normalized spacial score (nSPS) is 12.1. The lowest BCUT2D eigenvalue weighted by molar-refractivity contribution is 0.0912. The SMILES string of the molecule is CC(NC(=O)c1cc(=O)c2ccccc2o1)c1ccccc1Br. The van der Waals surface area contributed by atoms with Crippen molar-refractivity contribution in [1.29, 1.82) is 0 Å². The number of halogens is 1. The van der Waals surface area contributed by atoms with Crippen LogP contribution in [0.15, 0.2) is 68.3 Å². The minimum absolute atomic E-state index is 0.00704. The Morgan fingerprint density at radius 1 is 1.13 bits per heavy atom. The van der Waals surface area contributed by atoms with E-state index in [9.17, 15) is 9.59 Å². The van der Waals surface area contributed by atoms with Gasteiger partial charge in [0.05, 0.1) is 11.4 Å². The van der Waals surface area contributed by atoms with Crippen LogP contribution in [0.3, 0.4) is 0 Å². The predicted octanol–water partition coefficient (Wildman–Crippen LogP) is 4.05. The minimum atomic E-state index is -0.420. The molecule has 1 atom stereocenters. The number of hydrogen-bond acceptors (Lipinski definition) is 3.